The molecule has 3 aromatic rings. The first-order valence-corrected chi connectivity index (χ1v) is 9.57. The molecule has 0 atom stereocenters. The van der Waals surface area contributed by atoms with E-state index >= 15 is 0 Å². The molecule has 0 fully saturated rings. The van der Waals surface area contributed by atoms with E-state index in [2.05, 4.69) is 0 Å². The molecule has 150 valence electrons. The van der Waals surface area contributed by atoms with Gasteiger partial charge in [0, 0.05) is 16.6 Å². The molecule has 0 radical (unpaired) electrons. The van der Waals surface area contributed by atoms with E-state index in [0.29, 0.717) is 29.1 Å². The van der Waals surface area contributed by atoms with Crippen LogP contribution in [0.25, 0.3) is 11.0 Å². The molecule has 0 unspecified atom stereocenters. The van der Waals surface area contributed by atoms with Gasteiger partial charge in [-0.25, -0.2) is 4.79 Å². The van der Waals surface area contributed by atoms with Crippen LogP contribution < -0.4 is 15.3 Å². The average Bonchev–Trinajstić information content (AvgIpc) is 2.73. The van der Waals surface area contributed by atoms with Crippen molar-refractivity contribution in [1.82, 2.24) is 0 Å². The molecule has 0 bridgehead atoms. The van der Waals surface area contributed by atoms with Crippen LogP contribution in [0.2, 0.25) is 0 Å². The minimum Gasteiger partial charge on any atom is -0.473 e. The molecule has 2 aliphatic rings. The summed E-state index contributed by atoms with van der Waals surface area (Å²) in [5.41, 5.74) is 2.32. The molecule has 29 heavy (non-hydrogen) atoms. The second kappa shape index (κ2) is 6.54. The van der Waals surface area contributed by atoms with E-state index in [9.17, 15) is 18.0 Å². The molecule has 2 heterocycles. The summed E-state index contributed by atoms with van der Waals surface area (Å²) in [5, 5.41) is 0.896. The van der Waals surface area contributed by atoms with E-state index in [1.54, 1.807) is 11.0 Å². The van der Waals surface area contributed by atoms with Gasteiger partial charge in [0.05, 0.1) is 17.7 Å². The van der Waals surface area contributed by atoms with E-state index in [-0.39, 0.29) is 12.4 Å². The number of halogens is 3. The molecule has 0 saturated carbocycles. The van der Waals surface area contributed by atoms with E-state index < -0.39 is 11.7 Å². The third kappa shape index (κ3) is 3.05. The second-order valence-corrected chi connectivity index (χ2v) is 7.49. The number of anilines is 1. The largest absolute Gasteiger partial charge is 0.473 e. The monoisotopic (exact) mass is 401 g/mol. The number of aryl methyl sites for hydroxylation is 1. The Balaban J connectivity index is 1.60. The summed E-state index contributed by atoms with van der Waals surface area (Å²) in [7, 11) is 0. The van der Waals surface area contributed by atoms with Gasteiger partial charge >= 0.3 is 11.8 Å². The van der Waals surface area contributed by atoms with Gasteiger partial charge in [-0.3, -0.25) is 0 Å². The summed E-state index contributed by atoms with van der Waals surface area (Å²) in [5.74, 6) is 0.597. The Morgan fingerprint density at radius 1 is 0.966 bits per heavy atom. The summed E-state index contributed by atoms with van der Waals surface area (Å²) in [6, 6.07) is 8.93. The lowest BCUT2D eigenvalue weighted by atomic mass is 9.90. The highest BCUT2D eigenvalue weighted by Gasteiger charge is 2.31. The Bertz CT molecular complexity index is 1170. The molecule has 1 aromatic heterocycles. The SMILES string of the molecule is O=c1oc2c3c(ccc2c2c1CCCC2)OCN(c1cccc(C(F)(F)F)c1)C3. The number of benzene rings is 2. The summed E-state index contributed by atoms with van der Waals surface area (Å²) < 4.78 is 50.7. The van der Waals surface area contributed by atoms with Gasteiger partial charge in [0.2, 0.25) is 0 Å². The van der Waals surface area contributed by atoms with Crippen molar-refractivity contribution in [2.75, 3.05) is 11.6 Å². The summed E-state index contributed by atoms with van der Waals surface area (Å²) in [6.45, 7) is 0.421. The lowest BCUT2D eigenvalue weighted by molar-refractivity contribution is -0.137. The average molecular weight is 401 g/mol. The summed E-state index contributed by atoms with van der Waals surface area (Å²) in [6.07, 6.45) is -0.870. The number of nitrogens with zero attached hydrogens (tertiary/aromatic N) is 1. The van der Waals surface area contributed by atoms with E-state index in [0.717, 1.165) is 54.3 Å². The van der Waals surface area contributed by atoms with Crippen LogP contribution in [0.3, 0.4) is 0 Å². The van der Waals surface area contributed by atoms with Crippen molar-refractivity contribution in [1.29, 1.82) is 0 Å². The molecule has 0 N–H and O–H groups in total. The van der Waals surface area contributed by atoms with Gasteiger partial charge in [-0.2, -0.15) is 13.2 Å². The van der Waals surface area contributed by atoms with Crippen molar-refractivity contribution < 1.29 is 22.3 Å². The molecule has 2 aromatic carbocycles. The summed E-state index contributed by atoms with van der Waals surface area (Å²) >= 11 is 0. The van der Waals surface area contributed by atoms with Gasteiger partial charge in [0.1, 0.15) is 11.3 Å². The zero-order valence-electron chi connectivity index (χ0n) is 15.5. The molecule has 4 nitrogen and oxygen atoms in total. The molecular weight excluding hydrogens is 383 g/mol. The lowest BCUT2D eigenvalue weighted by Gasteiger charge is -2.31. The first-order valence-electron chi connectivity index (χ1n) is 9.57. The first kappa shape index (κ1) is 18.1. The van der Waals surface area contributed by atoms with Crippen molar-refractivity contribution in [3.05, 3.63) is 69.1 Å². The molecule has 7 heteroatoms. The van der Waals surface area contributed by atoms with Gasteiger partial charge < -0.3 is 14.1 Å². The molecule has 0 spiro atoms. The van der Waals surface area contributed by atoms with Crippen LogP contribution >= 0.6 is 0 Å². The Morgan fingerprint density at radius 3 is 2.55 bits per heavy atom. The highest BCUT2D eigenvalue weighted by molar-refractivity contribution is 5.86. The Hall–Kier alpha value is -2.96. The molecule has 1 aliphatic carbocycles. The zero-order chi connectivity index (χ0) is 20.2. The number of hydrogen-bond donors (Lipinski definition) is 0. The van der Waals surface area contributed by atoms with Gasteiger partial charge in [0.15, 0.2) is 6.73 Å². The Labute approximate surface area is 164 Å². The minimum atomic E-state index is -4.41. The predicted molar refractivity (Wildman–Crippen MR) is 102 cm³/mol. The van der Waals surface area contributed by atoms with Gasteiger partial charge in [-0.05, 0) is 61.6 Å². The van der Waals surface area contributed by atoms with Crippen molar-refractivity contribution >= 4 is 16.7 Å². The number of alkyl halides is 3. The Kier molecular flexibility index (Phi) is 4.08. The van der Waals surface area contributed by atoms with Crippen molar-refractivity contribution in [3.8, 4) is 5.75 Å². The number of fused-ring (bicyclic) bond motifs is 5. The fourth-order valence-corrected chi connectivity index (χ4v) is 4.26. The normalized spacial score (nSPS) is 16.3. The van der Waals surface area contributed by atoms with Crippen LogP contribution in [0.1, 0.15) is 35.1 Å². The number of rotatable bonds is 1. The van der Waals surface area contributed by atoms with Crippen LogP contribution in [0, 0.1) is 0 Å². The van der Waals surface area contributed by atoms with Gasteiger partial charge in [-0.15, -0.1) is 0 Å². The first-order chi connectivity index (χ1) is 13.9. The maximum Gasteiger partial charge on any atom is 0.416 e. The van der Waals surface area contributed by atoms with Gasteiger partial charge in [-0.1, -0.05) is 6.07 Å². The maximum atomic E-state index is 13.1. The van der Waals surface area contributed by atoms with Crippen LogP contribution in [-0.2, 0) is 25.6 Å². The number of hydrogen-bond acceptors (Lipinski definition) is 4. The van der Waals surface area contributed by atoms with Crippen molar-refractivity contribution in [2.24, 2.45) is 0 Å². The number of ether oxygens (including phenoxy) is 1. The van der Waals surface area contributed by atoms with Crippen LogP contribution in [0.15, 0.2) is 45.6 Å². The van der Waals surface area contributed by atoms with E-state index in [1.807, 2.05) is 12.1 Å². The fourth-order valence-electron chi connectivity index (χ4n) is 4.26. The minimum absolute atomic E-state index is 0.120. The maximum absolute atomic E-state index is 13.1. The molecule has 1 aliphatic heterocycles. The van der Waals surface area contributed by atoms with E-state index in [1.165, 1.54) is 6.07 Å². The quantitative estimate of drug-likeness (QED) is 0.536. The fraction of sp³-hybridized carbons (Fsp3) is 0.318. The zero-order valence-corrected chi connectivity index (χ0v) is 15.5. The predicted octanol–water partition coefficient (Wildman–Crippen LogP) is 5.05. The van der Waals surface area contributed by atoms with Crippen LogP contribution in [-0.4, -0.2) is 6.73 Å². The third-order valence-corrected chi connectivity index (χ3v) is 5.72. The molecule has 0 amide bonds. The molecule has 5 rings (SSSR count). The highest BCUT2D eigenvalue weighted by atomic mass is 19.4. The Morgan fingerprint density at radius 2 is 1.76 bits per heavy atom. The van der Waals surface area contributed by atoms with Crippen molar-refractivity contribution in [2.45, 2.75) is 38.4 Å². The lowest BCUT2D eigenvalue weighted by Crippen LogP contribution is -2.32. The van der Waals surface area contributed by atoms with E-state index in [4.69, 9.17) is 9.15 Å². The summed E-state index contributed by atoms with van der Waals surface area (Å²) in [4.78, 5) is 14.2. The van der Waals surface area contributed by atoms with Gasteiger partial charge in [0.25, 0.3) is 0 Å². The van der Waals surface area contributed by atoms with Crippen LogP contribution in [0.5, 0.6) is 5.75 Å². The molecule has 0 saturated heterocycles. The molecular formula is C22H18F3NO3. The standard InChI is InChI=1S/C22H18F3NO3/c23-22(24,25)13-4-3-5-14(10-13)26-11-18-19(28-12-26)9-8-16-15-6-1-2-7-17(15)21(27)29-20(16)18/h3-5,8-10H,1-2,6-7,11-12H2. The highest BCUT2D eigenvalue weighted by Crippen LogP contribution is 2.38. The second-order valence-electron chi connectivity index (χ2n) is 7.49. The van der Waals surface area contributed by atoms with Crippen molar-refractivity contribution in [3.63, 3.8) is 0 Å². The topological polar surface area (TPSA) is 42.7 Å². The van der Waals surface area contributed by atoms with Crippen LogP contribution in [0.4, 0.5) is 18.9 Å². The third-order valence-electron chi connectivity index (χ3n) is 5.72. The smallest absolute Gasteiger partial charge is 0.416 e.